The van der Waals surface area contributed by atoms with E-state index in [1.807, 2.05) is 0 Å². The average molecular weight is 236 g/mol. The van der Waals surface area contributed by atoms with Crippen molar-refractivity contribution in [1.29, 1.82) is 0 Å². The minimum absolute atomic E-state index is 0.320. The molecule has 0 spiro atoms. The smallest absolute Gasteiger partial charge is 0.341 e. The quantitative estimate of drug-likeness (QED) is 0.795. The number of hydrogen-bond donors (Lipinski definition) is 1. The van der Waals surface area contributed by atoms with Crippen LogP contribution in [0.5, 0.6) is 5.88 Å². The van der Waals surface area contributed by atoms with Crippen molar-refractivity contribution in [1.82, 2.24) is 5.16 Å². The first-order valence-electron chi connectivity index (χ1n) is 5.07. The van der Waals surface area contributed by atoms with E-state index >= 15 is 0 Å². The molecule has 1 aromatic carbocycles. The largest absolute Gasteiger partial charge is 0.474 e. The Hall–Kier alpha value is -2.08. The second-order valence-electron chi connectivity index (χ2n) is 3.30. The summed E-state index contributed by atoms with van der Waals surface area (Å²) >= 11 is 0. The summed E-state index contributed by atoms with van der Waals surface area (Å²) in [5.41, 5.74) is 6.00. The molecule has 6 heteroatoms. The van der Waals surface area contributed by atoms with Gasteiger partial charge in [-0.25, -0.2) is 4.79 Å². The SMILES string of the molecule is COC(=O)c1cccc2c(OCCN)noc12. The fourth-order valence-corrected chi connectivity index (χ4v) is 1.47. The summed E-state index contributed by atoms with van der Waals surface area (Å²) in [7, 11) is 1.31. The van der Waals surface area contributed by atoms with Crippen molar-refractivity contribution in [3.63, 3.8) is 0 Å². The molecular weight excluding hydrogens is 224 g/mol. The number of nitrogens with two attached hydrogens (primary N) is 1. The van der Waals surface area contributed by atoms with E-state index in [0.29, 0.717) is 35.6 Å². The number of hydrogen-bond acceptors (Lipinski definition) is 6. The molecule has 0 aliphatic rings. The summed E-state index contributed by atoms with van der Waals surface area (Å²) in [5, 5.41) is 4.38. The molecule has 1 aromatic heterocycles. The maximum atomic E-state index is 11.5. The van der Waals surface area contributed by atoms with Gasteiger partial charge >= 0.3 is 5.97 Å². The molecule has 0 unspecified atom stereocenters. The summed E-state index contributed by atoms with van der Waals surface area (Å²) in [4.78, 5) is 11.5. The van der Waals surface area contributed by atoms with E-state index in [-0.39, 0.29) is 0 Å². The molecule has 17 heavy (non-hydrogen) atoms. The predicted molar refractivity (Wildman–Crippen MR) is 59.9 cm³/mol. The minimum atomic E-state index is -0.475. The maximum absolute atomic E-state index is 11.5. The lowest BCUT2D eigenvalue weighted by atomic mass is 10.1. The van der Waals surface area contributed by atoms with Crippen LogP contribution in [0.1, 0.15) is 10.4 Å². The second kappa shape index (κ2) is 4.84. The van der Waals surface area contributed by atoms with Crippen molar-refractivity contribution in [2.24, 2.45) is 5.73 Å². The van der Waals surface area contributed by atoms with Gasteiger partial charge in [0, 0.05) is 6.54 Å². The molecular formula is C11H12N2O4. The van der Waals surface area contributed by atoms with E-state index in [4.69, 9.17) is 15.0 Å². The molecule has 0 fully saturated rings. The lowest BCUT2D eigenvalue weighted by molar-refractivity contribution is 0.0601. The minimum Gasteiger partial charge on any atom is -0.474 e. The Balaban J connectivity index is 2.45. The van der Waals surface area contributed by atoms with Crippen LogP contribution in [0.15, 0.2) is 22.7 Å². The van der Waals surface area contributed by atoms with Crippen LogP contribution in [0.3, 0.4) is 0 Å². The van der Waals surface area contributed by atoms with Crippen LogP contribution in [0.25, 0.3) is 11.0 Å². The van der Waals surface area contributed by atoms with Crippen LogP contribution in [0.2, 0.25) is 0 Å². The number of carbonyl (C=O) groups excluding carboxylic acids is 1. The van der Waals surface area contributed by atoms with Crippen molar-refractivity contribution in [2.45, 2.75) is 0 Å². The van der Waals surface area contributed by atoms with Gasteiger partial charge in [0.05, 0.1) is 12.5 Å². The number of rotatable bonds is 4. The van der Waals surface area contributed by atoms with E-state index < -0.39 is 5.97 Å². The molecule has 0 atom stereocenters. The molecule has 0 bridgehead atoms. The highest BCUT2D eigenvalue weighted by atomic mass is 16.5. The Morgan fingerprint density at radius 2 is 2.35 bits per heavy atom. The Morgan fingerprint density at radius 3 is 3.06 bits per heavy atom. The van der Waals surface area contributed by atoms with Crippen molar-refractivity contribution in [3.05, 3.63) is 23.8 Å². The lowest BCUT2D eigenvalue weighted by Crippen LogP contribution is -2.10. The Kier molecular flexibility index (Phi) is 3.24. The fraction of sp³-hybridized carbons (Fsp3) is 0.273. The maximum Gasteiger partial charge on any atom is 0.341 e. The van der Waals surface area contributed by atoms with Gasteiger partial charge in [-0.15, -0.1) is 0 Å². The molecule has 2 N–H and O–H groups in total. The highest BCUT2D eigenvalue weighted by molar-refractivity contribution is 6.02. The van der Waals surface area contributed by atoms with E-state index in [2.05, 4.69) is 9.89 Å². The summed E-state index contributed by atoms with van der Waals surface area (Å²) in [5.74, 6) is -0.145. The number of para-hydroxylation sites is 1. The number of methoxy groups -OCH3 is 1. The lowest BCUT2D eigenvalue weighted by Gasteiger charge is -2.00. The number of aromatic nitrogens is 1. The Morgan fingerprint density at radius 1 is 1.53 bits per heavy atom. The average Bonchev–Trinajstić information content (AvgIpc) is 2.78. The number of ether oxygens (including phenoxy) is 2. The van der Waals surface area contributed by atoms with Crippen LogP contribution in [-0.2, 0) is 4.74 Å². The molecule has 2 aromatic rings. The molecule has 0 radical (unpaired) electrons. The number of esters is 1. The van der Waals surface area contributed by atoms with Gasteiger partial charge < -0.3 is 19.7 Å². The van der Waals surface area contributed by atoms with Crippen molar-refractivity contribution in [3.8, 4) is 5.88 Å². The van der Waals surface area contributed by atoms with E-state index in [0.717, 1.165) is 0 Å². The first kappa shape index (κ1) is 11.4. The van der Waals surface area contributed by atoms with E-state index in [1.165, 1.54) is 7.11 Å². The summed E-state index contributed by atoms with van der Waals surface area (Å²) < 4.78 is 15.0. The zero-order chi connectivity index (χ0) is 12.3. The molecule has 90 valence electrons. The first-order valence-corrected chi connectivity index (χ1v) is 5.07. The van der Waals surface area contributed by atoms with Gasteiger partial charge in [0.25, 0.3) is 5.88 Å². The third-order valence-electron chi connectivity index (χ3n) is 2.23. The second-order valence-corrected chi connectivity index (χ2v) is 3.30. The van der Waals surface area contributed by atoms with Crippen LogP contribution in [-0.4, -0.2) is 31.4 Å². The van der Waals surface area contributed by atoms with E-state index in [9.17, 15) is 4.79 Å². The number of carbonyl (C=O) groups is 1. The van der Waals surface area contributed by atoms with Gasteiger partial charge in [-0.2, -0.15) is 0 Å². The van der Waals surface area contributed by atoms with Gasteiger partial charge in [-0.3, -0.25) is 0 Å². The highest BCUT2D eigenvalue weighted by Crippen LogP contribution is 2.27. The molecule has 0 saturated carbocycles. The molecule has 0 saturated heterocycles. The van der Waals surface area contributed by atoms with Crippen LogP contribution in [0, 0.1) is 0 Å². The standard InChI is InChI=1S/C11H12N2O4/c1-15-11(14)8-4-2-3-7-9(8)17-13-10(7)16-6-5-12/h2-4H,5-6,12H2,1H3. The number of nitrogens with zero attached hydrogens (tertiary/aromatic N) is 1. The van der Waals surface area contributed by atoms with E-state index in [1.54, 1.807) is 18.2 Å². The summed E-state index contributed by atoms with van der Waals surface area (Å²) in [6.07, 6.45) is 0. The molecule has 1 heterocycles. The predicted octanol–water partition coefficient (Wildman–Crippen LogP) is 0.952. The molecule has 2 rings (SSSR count). The van der Waals surface area contributed by atoms with Crippen LogP contribution < -0.4 is 10.5 Å². The zero-order valence-corrected chi connectivity index (χ0v) is 9.30. The molecule has 0 aliphatic carbocycles. The van der Waals surface area contributed by atoms with Crippen molar-refractivity contribution < 1.29 is 18.8 Å². The van der Waals surface area contributed by atoms with Crippen molar-refractivity contribution >= 4 is 16.9 Å². The summed E-state index contributed by atoms with van der Waals surface area (Å²) in [6.45, 7) is 0.717. The van der Waals surface area contributed by atoms with Gasteiger partial charge in [-0.05, 0) is 17.3 Å². The first-order chi connectivity index (χ1) is 8.27. The third-order valence-corrected chi connectivity index (χ3v) is 2.23. The summed E-state index contributed by atoms with van der Waals surface area (Å²) in [6, 6.07) is 5.07. The molecule has 0 aliphatic heterocycles. The number of benzene rings is 1. The van der Waals surface area contributed by atoms with Gasteiger partial charge in [0.1, 0.15) is 12.2 Å². The third kappa shape index (κ3) is 2.07. The van der Waals surface area contributed by atoms with Crippen LogP contribution >= 0.6 is 0 Å². The highest BCUT2D eigenvalue weighted by Gasteiger charge is 2.17. The molecule has 6 nitrogen and oxygen atoms in total. The van der Waals surface area contributed by atoms with Gasteiger partial charge in [-0.1, -0.05) is 6.07 Å². The van der Waals surface area contributed by atoms with Gasteiger partial charge in [0.2, 0.25) is 0 Å². The number of fused-ring (bicyclic) bond motifs is 1. The normalized spacial score (nSPS) is 10.5. The Labute approximate surface area is 97.3 Å². The molecule has 0 amide bonds. The topological polar surface area (TPSA) is 87.6 Å². The van der Waals surface area contributed by atoms with Crippen LogP contribution in [0.4, 0.5) is 0 Å². The fourth-order valence-electron chi connectivity index (χ4n) is 1.47. The zero-order valence-electron chi connectivity index (χ0n) is 9.30. The van der Waals surface area contributed by atoms with Gasteiger partial charge in [0.15, 0.2) is 5.58 Å². The van der Waals surface area contributed by atoms with Crippen molar-refractivity contribution in [2.75, 3.05) is 20.3 Å². The Bertz CT molecular complexity index is 535. The monoisotopic (exact) mass is 236 g/mol.